The smallest absolute Gasteiger partial charge is 0.139 e. The van der Waals surface area contributed by atoms with Gasteiger partial charge in [-0.05, 0) is 18.5 Å². The standard InChI is InChI=1S/C8H15N3OS/c1-3-12-5-4-11(2)8-6-7(9)10-13-8/h6H,3-5H2,1-2H3,(H2,9,10). The number of nitrogens with zero attached hydrogens (tertiary/aromatic N) is 2. The largest absolute Gasteiger partial charge is 0.383 e. The zero-order valence-corrected chi connectivity index (χ0v) is 8.80. The first-order valence-corrected chi connectivity index (χ1v) is 5.02. The number of nitrogen functional groups attached to an aromatic ring is 1. The molecule has 0 aliphatic carbocycles. The first-order chi connectivity index (χ1) is 6.24. The first-order valence-electron chi connectivity index (χ1n) is 4.25. The average Bonchev–Trinajstić information content (AvgIpc) is 2.52. The number of hydrogen-bond donors (Lipinski definition) is 1. The van der Waals surface area contributed by atoms with Crippen LogP contribution in [0.15, 0.2) is 6.07 Å². The number of aromatic nitrogens is 1. The molecule has 0 radical (unpaired) electrons. The van der Waals surface area contributed by atoms with E-state index in [4.69, 9.17) is 10.5 Å². The van der Waals surface area contributed by atoms with E-state index in [-0.39, 0.29) is 0 Å². The fourth-order valence-electron chi connectivity index (χ4n) is 0.915. The highest BCUT2D eigenvalue weighted by Crippen LogP contribution is 2.20. The number of anilines is 2. The second-order valence-corrected chi connectivity index (χ2v) is 3.49. The van der Waals surface area contributed by atoms with Crippen LogP contribution in [0.5, 0.6) is 0 Å². The topological polar surface area (TPSA) is 51.4 Å². The van der Waals surface area contributed by atoms with Crippen LogP contribution in [0.2, 0.25) is 0 Å². The van der Waals surface area contributed by atoms with Crippen LogP contribution in [0, 0.1) is 0 Å². The molecule has 0 aromatic carbocycles. The SMILES string of the molecule is CCOCCN(C)c1cc(N)ns1. The van der Waals surface area contributed by atoms with Crippen molar-refractivity contribution < 1.29 is 4.74 Å². The van der Waals surface area contributed by atoms with E-state index >= 15 is 0 Å². The van der Waals surface area contributed by atoms with Gasteiger partial charge in [0.05, 0.1) is 6.61 Å². The maximum Gasteiger partial charge on any atom is 0.139 e. The third kappa shape index (κ3) is 3.20. The van der Waals surface area contributed by atoms with Crippen LogP contribution in [0.1, 0.15) is 6.92 Å². The summed E-state index contributed by atoms with van der Waals surface area (Å²) >= 11 is 1.41. The van der Waals surface area contributed by atoms with Crippen molar-refractivity contribution in [3.8, 4) is 0 Å². The molecule has 0 spiro atoms. The molecule has 0 amide bonds. The predicted octanol–water partition coefficient (Wildman–Crippen LogP) is 1.20. The number of nitrogens with two attached hydrogens (primary N) is 1. The van der Waals surface area contributed by atoms with Crippen molar-refractivity contribution in [2.24, 2.45) is 0 Å². The van der Waals surface area contributed by atoms with Crippen molar-refractivity contribution in [2.75, 3.05) is 37.4 Å². The van der Waals surface area contributed by atoms with Crippen LogP contribution in [-0.4, -0.2) is 31.2 Å². The van der Waals surface area contributed by atoms with Gasteiger partial charge in [-0.2, -0.15) is 4.37 Å². The molecule has 0 aliphatic rings. The van der Waals surface area contributed by atoms with Gasteiger partial charge in [0.15, 0.2) is 0 Å². The fourth-order valence-corrected chi connectivity index (χ4v) is 1.57. The number of rotatable bonds is 5. The summed E-state index contributed by atoms with van der Waals surface area (Å²) in [6.45, 7) is 4.36. The molecule has 1 aromatic rings. The van der Waals surface area contributed by atoms with E-state index in [9.17, 15) is 0 Å². The minimum atomic E-state index is 0.586. The molecule has 1 heterocycles. The molecule has 13 heavy (non-hydrogen) atoms. The van der Waals surface area contributed by atoms with Crippen molar-refractivity contribution >= 4 is 22.4 Å². The van der Waals surface area contributed by atoms with Crippen molar-refractivity contribution in [1.82, 2.24) is 4.37 Å². The van der Waals surface area contributed by atoms with Gasteiger partial charge < -0.3 is 15.4 Å². The van der Waals surface area contributed by atoms with Gasteiger partial charge in [-0.1, -0.05) is 0 Å². The zero-order valence-electron chi connectivity index (χ0n) is 7.99. The van der Waals surface area contributed by atoms with Crippen LogP contribution in [0.4, 0.5) is 10.8 Å². The summed E-state index contributed by atoms with van der Waals surface area (Å²) in [4.78, 5) is 2.09. The maximum atomic E-state index is 5.51. The molecule has 4 nitrogen and oxygen atoms in total. The molecule has 1 aromatic heterocycles. The van der Waals surface area contributed by atoms with Crippen LogP contribution >= 0.6 is 11.5 Å². The van der Waals surface area contributed by atoms with Gasteiger partial charge in [-0.25, -0.2) is 0 Å². The minimum Gasteiger partial charge on any atom is -0.383 e. The summed E-state index contributed by atoms with van der Waals surface area (Å²) in [6.07, 6.45) is 0. The summed E-state index contributed by atoms with van der Waals surface area (Å²) in [7, 11) is 2.01. The van der Waals surface area contributed by atoms with Gasteiger partial charge in [-0.3, -0.25) is 0 Å². The van der Waals surface area contributed by atoms with Gasteiger partial charge in [-0.15, -0.1) is 0 Å². The first kappa shape index (κ1) is 10.3. The minimum absolute atomic E-state index is 0.586. The molecule has 0 unspecified atom stereocenters. The highest BCUT2D eigenvalue weighted by atomic mass is 32.1. The molecule has 0 bridgehead atoms. The highest BCUT2D eigenvalue weighted by molar-refractivity contribution is 7.10. The fraction of sp³-hybridized carbons (Fsp3) is 0.625. The van der Waals surface area contributed by atoms with Crippen molar-refractivity contribution in [2.45, 2.75) is 6.92 Å². The molecule has 74 valence electrons. The summed E-state index contributed by atoms with van der Waals surface area (Å²) in [5.74, 6) is 0.586. The number of likely N-dealkylation sites (N-methyl/N-ethyl adjacent to an activating group) is 1. The monoisotopic (exact) mass is 201 g/mol. The molecular formula is C8H15N3OS. The molecule has 0 atom stereocenters. The molecule has 0 fully saturated rings. The Bertz CT molecular complexity index is 251. The third-order valence-electron chi connectivity index (χ3n) is 1.67. The van der Waals surface area contributed by atoms with E-state index in [1.807, 2.05) is 20.0 Å². The molecule has 2 N–H and O–H groups in total. The quantitative estimate of drug-likeness (QED) is 0.727. The summed E-state index contributed by atoms with van der Waals surface area (Å²) in [5, 5.41) is 1.08. The van der Waals surface area contributed by atoms with Gasteiger partial charge in [0, 0.05) is 26.3 Å². The average molecular weight is 201 g/mol. The van der Waals surface area contributed by atoms with Crippen LogP contribution in [0.25, 0.3) is 0 Å². The van der Waals surface area contributed by atoms with Crippen molar-refractivity contribution in [3.05, 3.63) is 6.07 Å². The van der Waals surface area contributed by atoms with E-state index in [0.29, 0.717) is 5.82 Å². The maximum absolute atomic E-state index is 5.51. The van der Waals surface area contributed by atoms with Gasteiger partial charge in [0.1, 0.15) is 10.8 Å². The molecule has 0 aliphatic heterocycles. The van der Waals surface area contributed by atoms with E-state index in [0.717, 1.165) is 24.8 Å². The van der Waals surface area contributed by atoms with Crippen LogP contribution in [0.3, 0.4) is 0 Å². The number of hydrogen-bond acceptors (Lipinski definition) is 5. The summed E-state index contributed by atoms with van der Waals surface area (Å²) in [6, 6.07) is 1.87. The van der Waals surface area contributed by atoms with E-state index in [2.05, 4.69) is 9.27 Å². The molecule has 0 saturated heterocycles. The predicted molar refractivity (Wildman–Crippen MR) is 56.3 cm³/mol. The van der Waals surface area contributed by atoms with Gasteiger partial charge in [0.25, 0.3) is 0 Å². The van der Waals surface area contributed by atoms with Crippen LogP contribution < -0.4 is 10.6 Å². The Morgan fingerprint density at radius 3 is 3.00 bits per heavy atom. The Morgan fingerprint density at radius 1 is 1.69 bits per heavy atom. The van der Waals surface area contributed by atoms with Gasteiger partial charge in [0.2, 0.25) is 0 Å². The normalized spacial score (nSPS) is 10.3. The Morgan fingerprint density at radius 2 is 2.46 bits per heavy atom. The molecule has 5 heteroatoms. The van der Waals surface area contributed by atoms with Crippen molar-refractivity contribution in [3.63, 3.8) is 0 Å². The lowest BCUT2D eigenvalue weighted by Gasteiger charge is -2.15. The lowest BCUT2D eigenvalue weighted by molar-refractivity contribution is 0.154. The van der Waals surface area contributed by atoms with Crippen molar-refractivity contribution in [1.29, 1.82) is 0 Å². The van der Waals surface area contributed by atoms with Crippen LogP contribution in [-0.2, 0) is 4.74 Å². The molecule has 0 saturated carbocycles. The zero-order chi connectivity index (χ0) is 9.68. The Hall–Kier alpha value is -0.810. The lowest BCUT2D eigenvalue weighted by atomic mass is 10.5. The van der Waals surface area contributed by atoms with E-state index in [1.54, 1.807) is 0 Å². The van der Waals surface area contributed by atoms with E-state index in [1.165, 1.54) is 11.5 Å². The molecular weight excluding hydrogens is 186 g/mol. The summed E-state index contributed by atoms with van der Waals surface area (Å²) < 4.78 is 9.25. The molecule has 1 rings (SSSR count). The summed E-state index contributed by atoms with van der Waals surface area (Å²) in [5.41, 5.74) is 5.51. The Balaban J connectivity index is 2.35. The number of ether oxygens (including phenoxy) is 1. The third-order valence-corrected chi connectivity index (χ3v) is 2.59. The second kappa shape index (κ2) is 5.04. The van der Waals surface area contributed by atoms with E-state index < -0.39 is 0 Å². The Kier molecular flexibility index (Phi) is 3.98. The lowest BCUT2D eigenvalue weighted by Crippen LogP contribution is -2.21. The second-order valence-electron chi connectivity index (χ2n) is 2.71. The highest BCUT2D eigenvalue weighted by Gasteiger charge is 2.03. The van der Waals surface area contributed by atoms with Gasteiger partial charge >= 0.3 is 0 Å². The Labute approximate surface area is 82.5 Å².